The summed E-state index contributed by atoms with van der Waals surface area (Å²) >= 11 is 0. The predicted octanol–water partition coefficient (Wildman–Crippen LogP) is -3.23. The second-order valence-corrected chi connectivity index (χ2v) is 6.66. The number of nitrogens with one attached hydrogen (secondary N) is 3. The molecule has 11 nitrogen and oxygen atoms in total. The zero-order valence-electron chi connectivity index (χ0n) is 14.9. The molecule has 4 unspecified atom stereocenters. The average molecular weight is 386 g/mol. The van der Waals surface area contributed by atoms with Gasteiger partial charge in [0.2, 0.25) is 17.7 Å². The van der Waals surface area contributed by atoms with Crippen LogP contribution >= 0.6 is 0 Å². The first kappa shape index (κ1) is 21.1. The maximum absolute atomic E-state index is 12.7. The highest BCUT2D eigenvalue weighted by Crippen LogP contribution is 2.19. The van der Waals surface area contributed by atoms with Gasteiger partial charge in [0.25, 0.3) is 0 Å². The smallest absolute Gasteiger partial charge is 0.328 e. The Kier molecular flexibility index (Phi) is 7.51. The van der Waals surface area contributed by atoms with E-state index >= 15 is 0 Å². The zero-order chi connectivity index (χ0) is 20.0. The Bertz CT molecular complexity index is 579. The first-order valence-electron chi connectivity index (χ1n) is 8.98. The molecule has 152 valence electrons. The van der Waals surface area contributed by atoms with E-state index in [0.717, 1.165) is 6.42 Å². The van der Waals surface area contributed by atoms with Gasteiger partial charge in [-0.2, -0.15) is 0 Å². The minimum absolute atomic E-state index is 0.252. The summed E-state index contributed by atoms with van der Waals surface area (Å²) in [6.07, 6.45) is 2.34. The van der Waals surface area contributed by atoms with Crippen molar-refractivity contribution in [3.05, 3.63) is 0 Å². The minimum atomic E-state index is -1.46. The summed E-state index contributed by atoms with van der Waals surface area (Å²) in [7, 11) is 0. The Morgan fingerprint density at radius 2 is 1.67 bits per heavy atom. The van der Waals surface area contributed by atoms with Crippen molar-refractivity contribution in [2.24, 2.45) is 0 Å². The van der Waals surface area contributed by atoms with Crippen LogP contribution in [0.15, 0.2) is 0 Å². The van der Waals surface area contributed by atoms with Gasteiger partial charge in [0.1, 0.15) is 18.1 Å². The second-order valence-electron chi connectivity index (χ2n) is 6.66. The number of likely N-dealkylation sites (tertiary alicyclic amines) is 1. The van der Waals surface area contributed by atoms with Gasteiger partial charge in [-0.1, -0.05) is 0 Å². The molecular weight excluding hydrogens is 360 g/mol. The van der Waals surface area contributed by atoms with Gasteiger partial charge in [-0.3, -0.25) is 14.4 Å². The molecule has 2 heterocycles. The molecule has 0 radical (unpaired) electrons. The number of rotatable bonds is 8. The molecule has 2 aliphatic heterocycles. The number of hydrogen-bond acceptors (Lipinski definition) is 7. The standard InChI is InChI=1S/C16H26N4O7/c21-7-10(18-13(23)9-3-1-5-17-9)15(25)20-6-2-4-12(20)14(24)19-11(8-22)16(26)27/h9-12,17,21-22H,1-8H2,(H,18,23)(H,19,24)(H,26,27). The molecule has 2 fully saturated rings. The molecule has 3 amide bonds. The topological polar surface area (TPSA) is 168 Å². The number of nitrogens with zero attached hydrogens (tertiary/aromatic N) is 1. The van der Waals surface area contributed by atoms with Crippen molar-refractivity contribution in [2.75, 3.05) is 26.3 Å². The monoisotopic (exact) mass is 386 g/mol. The molecule has 0 saturated carbocycles. The molecule has 0 spiro atoms. The fourth-order valence-electron chi connectivity index (χ4n) is 3.32. The molecule has 0 aromatic carbocycles. The Morgan fingerprint density at radius 1 is 1.00 bits per heavy atom. The van der Waals surface area contributed by atoms with Gasteiger partial charge >= 0.3 is 5.97 Å². The summed E-state index contributed by atoms with van der Waals surface area (Å²) in [6, 6.07) is -3.97. The van der Waals surface area contributed by atoms with Crippen molar-refractivity contribution in [2.45, 2.75) is 49.9 Å². The normalized spacial score (nSPS) is 24.3. The van der Waals surface area contributed by atoms with Crippen molar-refractivity contribution >= 4 is 23.7 Å². The molecule has 0 aromatic rings. The fourth-order valence-corrected chi connectivity index (χ4v) is 3.32. The van der Waals surface area contributed by atoms with E-state index in [1.54, 1.807) is 0 Å². The summed E-state index contributed by atoms with van der Waals surface area (Å²) in [4.78, 5) is 49.4. The second kappa shape index (κ2) is 9.62. The van der Waals surface area contributed by atoms with E-state index in [9.17, 15) is 24.3 Å². The number of carbonyl (C=O) groups excluding carboxylic acids is 3. The number of amides is 3. The molecule has 27 heavy (non-hydrogen) atoms. The van der Waals surface area contributed by atoms with Gasteiger partial charge in [-0.25, -0.2) is 4.79 Å². The average Bonchev–Trinajstić information content (AvgIpc) is 3.34. The molecule has 2 saturated heterocycles. The number of carboxylic acid groups (broad SMARTS) is 1. The van der Waals surface area contributed by atoms with Crippen LogP contribution in [0.5, 0.6) is 0 Å². The Labute approximate surface area is 156 Å². The molecule has 4 atom stereocenters. The molecule has 2 aliphatic rings. The van der Waals surface area contributed by atoms with E-state index in [4.69, 9.17) is 10.2 Å². The maximum Gasteiger partial charge on any atom is 0.328 e. The van der Waals surface area contributed by atoms with Crippen LogP contribution in [0.3, 0.4) is 0 Å². The van der Waals surface area contributed by atoms with E-state index < -0.39 is 55.2 Å². The van der Waals surface area contributed by atoms with Crippen molar-refractivity contribution in [3.8, 4) is 0 Å². The van der Waals surface area contributed by atoms with E-state index in [0.29, 0.717) is 25.8 Å². The number of aliphatic hydroxyl groups excluding tert-OH is 2. The van der Waals surface area contributed by atoms with Crippen molar-refractivity contribution in [1.29, 1.82) is 0 Å². The van der Waals surface area contributed by atoms with E-state index in [1.807, 2.05) is 0 Å². The van der Waals surface area contributed by atoms with E-state index in [1.165, 1.54) is 4.90 Å². The largest absolute Gasteiger partial charge is 0.480 e. The molecule has 2 rings (SSSR count). The lowest BCUT2D eigenvalue weighted by atomic mass is 10.1. The third kappa shape index (κ3) is 5.15. The van der Waals surface area contributed by atoms with Crippen molar-refractivity contribution in [1.82, 2.24) is 20.9 Å². The molecule has 0 bridgehead atoms. The SMILES string of the molecule is O=C(O)C(CO)NC(=O)C1CCCN1C(=O)C(CO)NC(=O)C1CCCN1. The molecule has 6 N–H and O–H groups in total. The third-order valence-corrected chi connectivity index (χ3v) is 4.81. The predicted molar refractivity (Wildman–Crippen MR) is 91.4 cm³/mol. The Hall–Kier alpha value is -2.24. The van der Waals surface area contributed by atoms with Gasteiger partial charge in [-0.05, 0) is 32.2 Å². The summed E-state index contributed by atoms with van der Waals surface area (Å²) < 4.78 is 0. The Morgan fingerprint density at radius 3 is 2.22 bits per heavy atom. The number of aliphatic hydroxyl groups is 2. The van der Waals surface area contributed by atoms with E-state index in [2.05, 4.69) is 16.0 Å². The highest BCUT2D eigenvalue weighted by Gasteiger charge is 2.39. The zero-order valence-corrected chi connectivity index (χ0v) is 14.9. The summed E-state index contributed by atoms with van der Waals surface area (Å²) in [5.74, 6) is -3.06. The minimum Gasteiger partial charge on any atom is -0.480 e. The van der Waals surface area contributed by atoms with Crippen molar-refractivity contribution in [3.63, 3.8) is 0 Å². The van der Waals surface area contributed by atoms with Gasteiger partial charge < -0.3 is 36.2 Å². The lowest BCUT2D eigenvalue weighted by Crippen LogP contribution is -2.58. The van der Waals surface area contributed by atoms with Crippen LogP contribution in [0.25, 0.3) is 0 Å². The third-order valence-electron chi connectivity index (χ3n) is 4.81. The van der Waals surface area contributed by atoms with Crippen molar-refractivity contribution < 1.29 is 34.5 Å². The lowest BCUT2D eigenvalue weighted by Gasteiger charge is -2.29. The number of aliphatic carboxylic acids is 1. The summed E-state index contributed by atoms with van der Waals surface area (Å²) in [5, 5.41) is 35.2. The fraction of sp³-hybridized carbons (Fsp3) is 0.750. The highest BCUT2D eigenvalue weighted by atomic mass is 16.4. The van der Waals surface area contributed by atoms with Gasteiger partial charge in [-0.15, -0.1) is 0 Å². The van der Waals surface area contributed by atoms with Gasteiger partial charge in [0.05, 0.1) is 19.3 Å². The van der Waals surface area contributed by atoms with Crippen LogP contribution in [0.2, 0.25) is 0 Å². The molecule has 0 aliphatic carbocycles. The maximum atomic E-state index is 12.7. The number of carbonyl (C=O) groups is 4. The van der Waals surface area contributed by atoms with Crippen LogP contribution in [0, 0.1) is 0 Å². The first-order chi connectivity index (χ1) is 12.9. The summed E-state index contributed by atoms with van der Waals surface area (Å²) in [6.45, 7) is -0.427. The number of carboxylic acids is 1. The summed E-state index contributed by atoms with van der Waals surface area (Å²) in [5.41, 5.74) is 0. The van der Waals surface area contributed by atoms with Crippen LogP contribution in [-0.4, -0.2) is 94.4 Å². The number of hydrogen-bond donors (Lipinski definition) is 6. The van der Waals surface area contributed by atoms with Crippen LogP contribution in [-0.2, 0) is 19.2 Å². The first-order valence-corrected chi connectivity index (χ1v) is 8.98. The lowest BCUT2D eigenvalue weighted by molar-refractivity contribution is -0.146. The molecular formula is C16H26N4O7. The Balaban J connectivity index is 2.00. The molecule has 11 heteroatoms. The van der Waals surface area contributed by atoms with Gasteiger partial charge in [0.15, 0.2) is 0 Å². The van der Waals surface area contributed by atoms with Crippen LogP contribution in [0.4, 0.5) is 0 Å². The van der Waals surface area contributed by atoms with Gasteiger partial charge in [0, 0.05) is 6.54 Å². The highest BCUT2D eigenvalue weighted by molar-refractivity contribution is 5.94. The molecule has 0 aromatic heterocycles. The van der Waals surface area contributed by atoms with Crippen LogP contribution < -0.4 is 16.0 Å². The quantitative estimate of drug-likeness (QED) is 0.253. The van der Waals surface area contributed by atoms with Crippen LogP contribution in [0.1, 0.15) is 25.7 Å². The van der Waals surface area contributed by atoms with E-state index in [-0.39, 0.29) is 12.5 Å².